The first-order valence-corrected chi connectivity index (χ1v) is 12.4. The van der Waals surface area contributed by atoms with Crippen molar-refractivity contribution in [1.82, 2.24) is 9.88 Å². The molecule has 1 aromatic heterocycles. The zero-order chi connectivity index (χ0) is 23.8. The third-order valence-electron chi connectivity index (χ3n) is 6.68. The number of amides is 1. The Morgan fingerprint density at radius 3 is 2.44 bits per heavy atom. The van der Waals surface area contributed by atoms with Crippen LogP contribution >= 0.6 is 11.3 Å². The molecule has 2 aliphatic rings. The second kappa shape index (κ2) is 9.14. The van der Waals surface area contributed by atoms with Crippen molar-refractivity contribution in [3.8, 4) is 10.6 Å². The molecule has 0 saturated heterocycles. The zero-order valence-electron chi connectivity index (χ0n) is 18.8. The van der Waals surface area contributed by atoms with Gasteiger partial charge in [0.15, 0.2) is 5.76 Å². The zero-order valence-corrected chi connectivity index (χ0v) is 19.6. The molecule has 1 aliphatic heterocycles. The minimum Gasteiger partial charge on any atom is -0.503 e. The van der Waals surface area contributed by atoms with E-state index in [1.807, 2.05) is 30.3 Å². The molecule has 2 aromatic carbocycles. The molecule has 5 rings (SSSR count). The number of thiazole rings is 1. The first kappa shape index (κ1) is 22.5. The summed E-state index contributed by atoms with van der Waals surface area (Å²) in [5.41, 5.74) is 1.56. The minimum atomic E-state index is -0.967. The van der Waals surface area contributed by atoms with Crippen LogP contribution in [0.3, 0.4) is 0 Å². The molecule has 34 heavy (non-hydrogen) atoms. The molecular formula is C27H25FN2O3S. The number of aliphatic hydroxyl groups excluding tert-OH is 1. The van der Waals surface area contributed by atoms with Gasteiger partial charge < -0.3 is 10.0 Å². The van der Waals surface area contributed by atoms with E-state index in [1.165, 1.54) is 22.3 Å². The maximum Gasteiger partial charge on any atom is 0.290 e. The van der Waals surface area contributed by atoms with Crippen molar-refractivity contribution in [2.75, 3.05) is 0 Å². The van der Waals surface area contributed by atoms with E-state index in [0.29, 0.717) is 15.6 Å². The van der Waals surface area contributed by atoms with Crippen LogP contribution in [0.25, 0.3) is 10.6 Å². The Kier molecular flexibility index (Phi) is 6.04. The number of carbonyl (C=O) groups is 2. The first-order valence-electron chi connectivity index (χ1n) is 11.5. The van der Waals surface area contributed by atoms with Crippen LogP contribution in [0.2, 0.25) is 0 Å². The van der Waals surface area contributed by atoms with Crippen LogP contribution in [0.15, 0.2) is 65.9 Å². The molecule has 174 valence electrons. The number of carbonyl (C=O) groups excluding carboxylic acids is 2. The molecule has 1 aliphatic carbocycles. The van der Waals surface area contributed by atoms with E-state index in [0.717, 1.165) is 37.7 Å². The fourth-order valence-corrected chi connectivity index (χ4v) is 6.05. The van der Waals surface area contributed by atoms with Gasteiger partial charge in [0.25, 0.3) is 5.91 Å². The lowest BCUT2D eigenvalue weighted by molar-refractivity contribution is -0.132. The van der Waals surface area contributed by atoms with E-state index in [9.17, 15) is 14.7 Å². The average molecular weight is 477 g/mol. The number of nitrogens with zero attached hydrogens (tertiary/aromatic N) is 2. The van der Waals surface area contributed by atoms with Gasteiger partial charge in [-0.2, -0.15) is 0 Å². The fraction of sp³-hybridized carbons (Fsp3) is 0.296. The van der Waals surface area contributed by atoms with E-state index in [1.54, 1.807) is 25.1 Å². The minimum absolute atomic E-state index is 0.0629. The van der Waals surface area contributed by atoms with Crippen molar-refractivity contribution in [1.29, 1.82) is 0 Å². The normalized spacial score (nSPS) is 19.2. The second-order valence-corrected chi connectivity index (χ2v) is 9.82. The van der Waals surface area contributed by atoms with Gasteiger partial charge in [0.2, 0.25) is 5.78 Å². The summed E-state index contributed by atoms with van der Waals surface area (Å²) in [4.78, 5) is 33.6. The van der Waals surface area contributed by atoms with Crippen molar-refractivity contribution < 1.29 is 19.1 Å². The summed E-state index contributed by atoms with van der Waals surface area (Å²) in [6.07, 6.45) is 4.52. The van der Waals surface area contributed by atoms with Crippen LogP contribution in [0.1, 0.15) is 59.1 Å². The van der Waals surface area contributed by atoms with Gasteiger partial charge in [-0.05, 0) is 25.8 Å². The van der Waals surface area contributed by atoms with Gasteiger partial charge >= 0.3 is 0 Å². The van der Waals surface area contributed by atoms with E-state index >= 15 is 4.39 Å². The Morgan fingerprint density at radius 1 is 1.06 bits per heavy atom. The number of aryl methyl sites for hydroxylation is 1. The molecule has 5 nitrogen and oxygen atoms in total. The average Bonchev–Trinajstić information content (AvgIpc) is 3.37. The maximum atomic E-state index is 15.0. The summed E-state index contributed by atoms with van der Waals surface area (Å²) in [5, 5.41) is 11.6. The molecule has 7 heteroatoms. The number of rotatable bonds is 5. The first-order chi connectivity index (χ1) is 16.5. The van der Waals surface area contributed by atoms with Gasteiger partial charge in [0, 0.05) is 17.2 Å². The van der Waals surface area contributed by atoms with Crippen LogP contribution < -0.4 is 0 Å². The van der Waals surface area contributed by atoms with Crippen molar-refractivity contribution in [3.63, 3.8) is 0 Å². The van der Waals surface area contributed by atoms with Gasteiger partial charge in [0.1, 0.15) is 10.8 Å². The van der Waals surface area contributed by atoms with Crippen LogP contribution in [-0.2, 0) is 4.79 Å². The van der Waals surface area contributed by atoms with Crippen molar-refractivity contribution in [2.24, 2.45) is 0 Å². The number of ketones is 1. The lowest BCUT2D eigenvalue weighted by Crippen LogP contribution is -2.41. The summed E-state index contributed by atoms with van der Waals surface area (Å²) in [7, 11) is 0. The van der Waals surface area contributed by atoms with Gasteiger partial charge in [-0.25, -0.2) is 9.37 Å². The Hall–Kier alpha value is -3.32. The van der Waals surface area contributed by atoms with Crippen LogP contribution in [-0.4, -0.2) is 32.7 Å². The van der Waals surface area contributed by atoms with Gasteiger partial charge in [-0.15, -0.1) is 11.3 Å². The molecule has 1 unspecified atom stereocenters. The van der Waals surface area contributed by atoms with Gasteiger partial charge in [-0.3, -0.25) is 9.59 Å². The largest absolute Gasteiger partial charge is 0.503 e. The number of hydrogen-bond donors (Lipinski definition) is 1. The lowest BCUT2D eigenvalue weighted by Gasteiger charge is -2.36. The smallest absolute Gasteiger partial charge is 0.290 e. The fourth-order valence-electron chi connectivity index (χ4n) is 5.03. The number of aromatic nitrogens is 1. The molecule has 1 fully saturated rings. The van der Waals surface area contributed by atoms with E-state index in [-0.39, 0.29) is 17.2 Å². The molecule has 0 radical (unpaired) electrons. The Balaban J connectivity index is 1.60. The summed E-state index contributed by atoms with van der Waals surface area (Å²) in [6, 6.07) is 14.6. The number of hydrogen-bond acceptors (Lipinski definition) is 5. The van der Waals surface area contributed by atoms with Crippen LogP contribution in [0.5, 0.6) is 0 Å². The van der Waals surface area contributed by atoms with Crippen molar-refractivity contribution in [2.45, 2.75) is 51.1 Å². The van der Waals surface area contributed by atoms with E-state index in [4.69, 9.17) is 0 Å². The van der Waals surface area contributed by atoms with Crippen LogP contribution in [0, 0.1) is 12.7 Å². The standard InChI is InChI=1S/C27H25FN2O3S/c1-16-25(34-26(29-16)17-10-4-2-5-11-17)23(31)21-22(19-14-8-9-15-20(19)28)30(27(33)24(21)32)18-12-6-3-7-13-18/h2,4-5,8-11,14-15,18,22,32H,3,6-7,12-13H2,1H3. The molecule has 0 bridgehead atoms. The Labute approximate surface area is 201 Å². The Morgan fingerprint density at radius 2 is 1.74 bits per heavy atom. The van der Waals surface area contributed by atoms with Crippen LogP contribution in [0.4, 0.5) is 4.39 Å². The number of Topliss-reactive ketones (excluding diaryl/α,β-unsaturated/α-hetero) is 1. The summed E-state index contributed by atoms with van der Waals surface area (Å²) in [5.74, 6) is -2.17. The topological polar surface area (TPSA) is 70.5 Å². The molecule has 1 saturated carbocycles. The third-order valence-corrected chi connectivity index (χ3v) is 7.89. The third kappa shape index (κ3) is 3.84. The quantitative estimate of drug-likeness (QED) is 0.447. The molecule has 1 atom stereocenters. The number of halogens is 1. The van der Waals surface area contributed by atoms with Gasteiger partial charge in [0.05, 0.1) is 22.2 Å². The summed E-state index contributed by atoms with van der Waals surface area (Å²) >= 11 is 1.22. The van der Waals surface area contributed by atoms with Crippen molar-refractivity contribution >= 4 is 23.0 Å². The predicted octanol–water partition coefficient (Wildman–Crippen LogP) is 6.17. The summed E-state index contributed by atoms with van der Waals surface area (Å²) < 4.78 is 15.0. The summed E-state index contributed by atoms with van der Waals surface area (Å²) in [6.45, 7) is 1.74. The van der Waals surface area contributed by atoms with Crippen molar-refractivity contribution in [3.05, 3.63) is 87.9 Å². The molecule has 2 heterocycles. The van der Waals surface area contributed by atoms with E-state index < -0.39 is 29.3 Å². The predicted molar refractivity (Wildman–Crippen MR) is 129 cm³/mol. The van der Waals surface area contributed by atoms with E-state index in [2.05, 4.69) is 4.98 Å². The van der Waals surface area contributed by atoms with Gasteiger partial charge in [-0.1, -0.05) is 67.8 Å². The maximum absolute atomic E-state index is 15.0. The highest BCUT2D eigenvalue weighted by atomic mass is 32.1. The molecule has 0 spiro atoms. The second-order valence-electron chi connectivity index (χ2n) is 8.82. The highest BCUT2D eigenvalue weighted by molar-refractivity contribution is 7.17. The molecule has 1 N–H and O–H groups in total. The lowest BCUT2D eigenvalue weighted by atomic mass is 9.90. The Bertz CT molecular complexity index is 1280. The highest BCUT2D eigenvalue weighted by Gasteiger charge is 2.48. The molecule has 3 aromatic rings. The number of benzene rings is 2. The molecular weight excluding hydrogens is 451 g/mol. The monoisotopic (exact) mass is 476 g/mol. The highest BCUT2D eigenvalue weighted by Crippen LogP contribution is 2.44. The molecule has 1 amide bonds. The number of aliphatic hydroxyl groups is 1. The SMILES string of the molecule is Cc1nc(-c2ccccc2)sc1C(=O)C1=C(O)C(=O)N(C2CCCCC2)C1c1ccccc1F.